The first-order valence-electron chi connectivity index (χ1n) is 7.19. The van der Waals surface area contributed by atoms with Crippen LogP contribution in [-0.2, 0) is 11.2 Å². The van der Waals surface area contributed by atoms with Gasteiger partial charge < -0.3 is 13.9 Å². The zero-order chi connectivity index (χ0) is 16.2. The maximum Gasteiger partial charge on any atom is 0.231 e. The van der Waals surface area contributed by atoms with Crippen molar-refractivity contribution < 1.29 is 18.7 Å². The Bertz CT molecular complexity index is 805. The smallest absolute Gasteiger partial charge is 0.231 e. The van der Waals surface area contributed by atoms with E-state index >= 15 is 0 Å². The van der Waals surface area contributed by atoms with Gasteiger partial charge in [-0.15, -0.1) is 0 Å². The number of nitrogens with one attached hydrogen (secondary N) is 1. The predicted octanol–water partition coefficient (Wildman–Crippen LogP) is 3.63. The number of ether oxygens (including phenoxy) is 2. The molecule has 0 radical (unpaired) electrons. The summed E-state index contributed by atoms with van der Waals surface area (Å²) in [6.45, 7) is 0. The third-order valence-electron chi connectivity index (χ3n) is 3.53. The maximum absolute atomic E-state index is 12.2. The summed E-state index contributed by atoms with van der Waals surface area (Å²) in [4.78, 5) is 12.2. The van der Waals surface area contributed by atoms with Gasteiger partial charge in [0.25, 0.3) is 0 Å². The zero-order valence-corrected chi connectivity index (χ0v) is 13.0. The normalized spacial score (nSPS) is 10.5. The van der Waals surface area contributed by atoms with Crippen molar-refractivity contribution in [2.45, 2.75) is 6.42 Å². The Morgan fingerprint density at radius 2 is 1.91 bits per heavy atom. The highest BCUT2D eigenvalue weighted by atomic mass is 16.5. The molecular weight excluding hydrogens is 294 g/mol. The Morgan fingerprint density at radius 3 is 2.65 bits per heavy atom. The molecule has 1 aromatic heterocycles. The molecule has 2 aromatic carbocycles. The van der Waals surface area contributed by atoms with Gasteiger partial charge in [-0.1, -0.05) is 24.3 Å². The maximum atomic E-state index is 12.2. The molecule has 118 valence electrons. The molecule has 23 heavy (non-hydrogen) atoms. The van der Waals surface area contributed by atoms with Crippen molar-refractivity contribution in [2.24, 2.45) is 0 Å². The quantitative estimate of drug-likeness (QED) is 0.781. The minimum absolute atomic E-state index is 0.174. The molecule has 0 spiro atoms. The van der Waals surface area contributed by atoms with E-state index in [2.05, 4.69) is 5.32 Å². The summed E-state index contributed by atoms with van der Waals surface area (Å²) < 4.78 is 16.0. The summed E-state index contributed by atoms with van der Waals surface area (Å²) in [5.41, 5.74) is 1.52. The number of hydrogen-bond donors (Lipinski definition) is 1. The SMILES string of the molecule is COc1ccc(CC(=O)Nc2cc3ccccc3o2)c(OC)c1. The Hall–Kier alpha value is -2.95. The average molecular weight is 311 g/mol. The van der Waals surface area contributed by atoms with Crippen LogP contribution in [0.3, 0.4) is 0 Å². The third kappa shape index (κ3) is 3.29. The van der Waals surface area contributed by atoms with E-state index in [1.54, 1.807) is 32.4 Å². The van der Waals surface area contributed by atoms with Gasteiger partial charge >= 0.3 is 0 Å². The summed E-state index contributed by atoms with van der Waals surface area (Å²) >= 11 is 0. The number of amides is 1. The standard InChI is InChI=1S/C18H17NO4/c1-21-14-8-7-13(16(11-14)22-2)9-17(20)19-18-10-12-5-3-4-6-15(12)23-18/h3-8,10-11H,9H2,1-2H3,(H,19,20). The van der Waals surface area contributed by atoms with Crippen LogP contribution in [0, 0.1) is 0 Å². The molecule has 1 N–H and O–H groups in total. The molecule has 5 heteroatoms. The van der Waals surface area contributed by atoms with E-state index in [-0.39, 0.29) is 12.3 Å². The lowest BCUT2D eigenvalue weighted by Gasteiger charge is -2.10. The van der Waals surface area contributed by atoms with Crippen molar-refractivity contribution >= 4 is 22.8 Å². The molecule has 0 saturated carbocycles. The summed E-state index contributed by atoms with van der Waals surface area (Å²) in [5.74, 6) is 1.56. The highest BCUT2D eigenvalue weighted by Gasteiger charge is 2.12. The van der Waals surface area contributed by atoms with Gasteiger partial charge in [-0.2, -0.15) is 0 Å². The lowest BCUT2D eigenvalue weighted by atomic mass is 10.1. The number of fused-ring (bicyclic) bond motifs is 1. The summed E-state index contributed by atoms with van der Waals surface area (Å²) in [6.07, 6.45) is 0.185. The second-order valence-electron chi connectivity index (χ2n) is 5.05. The van der Waals surface area contributed by atoms with Crippen LogP contribution in [0.4, 0.5) is 5.88 Å². The van der Waals surface area contributed by atoms with Gasteiger partial charge in [-0.25, -0.2) is 0 Å². The molecule has 0 aliphatic rings. The minimum Gasteiger partial charge on any atom is -0.497 e. The fraction of sp³-hybridized carbons (Fsp3) is 0.167. The number of methoxy groups -OCH3 is 2. The fourth-order valence-electron chi connectivity index (χ4n) is 2.40. The van der Waals surface area contributed by atoms with E-state index in [1.165, 1.54) is 0 Å². The van der Waals surface area contributed by atoms with Gasteiger partial charge in [0.05, 0.1) is 20.6 Å². The highest BCUT2D eigenvalue weighted by Crippen LogP contribution is 2.26. The van der Waals surface area contributed by atoms with Gasteiger partial charge in [-0.3, -0.25) is 10.1 Å². The molecule has 0 atom stereocenters. The van der Waals surface area contributed by atoms with E-state index in [0.717, 1.165) is 16.5 Å². The molecule has 0 aliphatic carbocycles. The van der Waals surface area contributed by atoms with Crippen molar-refractivity contribution in [3.63, 3.8) is 0 Å². The number of furan rings is 1. The topological polar surface area (TPSA) is 60.7 Å². The summed E-state index contributed by atoms with van der Waals surface area (Å²) in [7, 11) is 3.15. The number of carbonyl (C=O) groups excluding carboxylic acids is 1. The predicted molar refractivity (Wildman–Crippen MR) is 88.1 cm³/mol. The first-order chi connectivity index (χ1) is 11.2. The molecule has 0 fully saturated rings. The second-order valence-corrected chi connectivity index (χ2v) is 5.05. The van der Waals surface area contributed by atoms with Gasteiger partial charge in [0, 0.05) is 23.1 Å². The number of rotatable bonds is 5. The van der Waals surface area contributed by atoms with Crippen LogP contribution >= 0.6 is 0 Å². The van der Waals surface area contributed by atoms with E-state index in [0.29, 0.717) is 17.4 Å². The van der Waals surface area contributed by atoms with Crippen molar-refractivity contribution in [1.82, 2.24) is 0 Å². The van der Waals surface area contributed by atoms with Crippen LogP contribution in [0.2, 0.25) is 0 Å². The Kier molecular flexibility index (Phi) is 4.19. The van der Waals surface area contributed by atoms with Crippen molar-refractivity contribution in [3.8, 4) is 11.5 Å². The molecule has 0 unspecified atom stereocenters. The van der Waals surface area contributed by atoms with Crippen LogP contribution in [-0.4, -0.2) is 20.1 Å². The molecule has 3 rings (SSSR count). The van der Waals surface area contributed by atoms with E-state index < -0.39 is 0 Å². The van der Waals surface area contributed by atoms with E-state index in [1.807, 2.05) is 30.3 Å². The molecule has 1 amide bonds. The zero-order valence-electron chi connectivity index (χ0n) is 13.0. The Morgan fingerprint density at radius 1 is 1.09 bits per heavy atom. The van der Waals surface area contributed by atoms with Crippen LogP contribution in [0.1, 0.15) is 5.56 Å². The number of carbonyl (C=O) groups is 1. The van der Waals surface area contributed by atoms with Crippen LogP contribution in [0.5, 0.6) is 11.5 Å². The monoisotopic (exact) mass is 311 g/mol. The average Bonchev–Trinajstić information content (AvgIpc) is 2.97. The van der Waals surface area contributed by atoms with Crippen LogP contribution < -0.4 is 14.8 Å². The Labute approximate surface area is 133 Å². The lowest BCUT2D eigenvalue weighted by molar-refractivity contribution is -0.115. The Balaban J connectivity index is 1.74. The van der Waals surface area contributed by atoms with Gasteiger partial charge in [0.2, 0.25) is 11.8 Å². The number of anilines is 1. The molecular formula is C18H17NO4. The second kappa shape index (κ2) is 6.44. The van der Waals surface area contributed by atoms with Gasteiger partial charge in [-0.05, 0) is 12.1 Å². The first kappa shape index (κ1) is 15.0. The number of benzene rings is 2. The van der Waals surface area contributed by atoms with E-state index in [9.17, 15) is 4.79 Å². The third-order valence-corrected chi connectivity index (χ3v) is 3.53. The molecule has 1 heterocycles. The lowest BCUT2D eigenvalue weighted by Crippen LogP contribution is -2.14. The summed E-state index contributed by atoms with van der Waals surface area (Å²) in [5, 5.41) is 3.72. The van der Waals surface area contributed by atoms with Crippen molar-refractivity contribution in [1.29, 1.82) is 0 Å². The molecule has 5 nitrogen and oxygen atoms in total. The largest absolute Gasteiger partial charge is 0.497 e. The molecule has 0 saturated heterocycles. The minimum atomic E-state index is -0.174. The summed E-state index contributed by atoms with van der Waals surface area (Å²) in [6, 6.07) is 14.8. The van der Waals surface area contributed by atoms with E-state index in [4.69, 9.17) is 13.9 Å². The number of hydrogen-bond acceptors (Lipinski definition) is 4. The van der Waals surface area contributed by atoms with Crippen molar-refractivity contribution in [3.05, 3.63) is 54.1 Å². The van der Waals surface area contributed by atoms with Gasteiger partial charge in [0.1, 0.15) is 17.1 Å². The highest BCUT2D eigenvalue weighted by molar-refractivity contribution is 5.93. The number of para-hydroxylation sites is 1. The molecule has 3 aromatic rings. The van der Waals surface area contributed by atoms with Crippen LogP contribution in [0.25, 0.3) is 11.0 Å². The molecule has 0 aliphatic heterocycles. The first-order valence-corrected chi connectivity index (χ1v) is 7.19. The fourth-order valence-corrected chi connectivity index (χ4v) is 2.40. The van der Waals surface area contributed by atoms with Crippen LogP contribution in [0.15, 0.2) is 52.9 Å². The molecule has 0 bridgehead atoms. The van der Waals surface area contributed by atoms with Crippen molar-refractivity contribution in [2.75, 3.05) is 19.5 Å². The van der Waals surface area contributed by atoms with Gasteiger partial charge in [0.15, 0.2) is 0 Å².